The third kappa shape index (κ3) is 4.89. The summed E-state index contributed by atoms with van der Waals surface area (Å²) in [5.41, 5.74) is 1.76. The Morgan fingerprint density at radius 1 is 0.963 bits per heavy atom. The molecule has 1 aliphatic heterocycles. The standard InChI is InChI=1S/C21H23BrN2O3/c1-2-16-5-3-4-6-19(16)27-15-20(25)23-11-13-24(14-12-23)21(26)17-7-9-18(22)10-8-17/h3-10H,2,11-15H2,1H3. The summed E-state index contributed by atoms with van der Waals surface area (Å²) < 4.78 is 6.67. The molecule has 1 fully saturated rings. The third-order valence-electron chi connectivity index (χ3n) is 4.72. The SMILES string of the molecule is CCc1ccccc1OCC(=O)N1CCN(C(=O)c2ccc(Br)cc2)CC1. The van der Waals surface area contributed by atoms with Gasteiger partial charge in [0, 0.05) is 36.2 Å². The molecule has 0 aromatic heterocycles. The van der Waals surface area contributed by atoms with Crippen LogP contribution < -0.4 is 4.74 Å². The van der Waals surface area contributed by atoms with E-state index in [1.807, 2.05) is 48.5 Å². The van der Waals surface area contributed by atoms with Crippen LogP contribution in [-0.4, -0.2) is 54.4 Å². The zero-order valence-electron chi connectivity index (χ0n) is 15.4. The van der Waals surface area contributed by atoms with Crippen molar-refractivity contribution >= 4 is 27.7 Å². The number of aryl methyl sites for hydroxylation is 1. The van der Waals surface area contributed by atoms with Crippen molar-refractivity contribution in [2.75, 3.05) is 32.8 Å². The molecule has 0 spiro atoms. The first-order valence-electron chi connectivity index (χ1n) is 9.12. The van der Waals surface area contributed by atoms with Crippen molar-refractivity contribution < 1.29 is 14.3 Å². The van der Waals surface area contributed by atoms with Crippen LogP contribution in [0.2, 0.25) is 0 Å². The molecule has 0 N–H and O–H groups in total. The first-order chi connectivity index (χ1) is 13.1. The van der Waals surface area contributed by atoms with E-state index < -0.39 is 0 Å². The maximum Gasteiger partial charge on any atom is 0.260 e. The summed E-state index contributed by atoms with van der Waals surface area (Å²) in [5, 5.41) is 0. The summed E-state index contributed by atoms with van der Waals surface area (Å²) >= 11 is 3.37. The molecule has 0 atom stereocenters. The molecule has 3 rings (SSSR count). The Hall–Kier alpha value is -2.34. The summed E-state index contributed by atoms with van der Waals surface area (Å²) in [7, 11) is 0. The maximum atomic E-state index is 12.6. The molecular weight excluding hydrogens is 408 g/mol. The lowest BCUT2D eigenvalue weighted by molar-refractivity contribution is -0.134. The Kier molecular flexibility index (Phi) is 6.50. The van der Waals surface area contributed by atoms with Crippen LogP contribution in [0.5, 0.6) is 5.75 Å². The van der Waals surface area contributed by atoms with Gasteiger partial charge in [0.2, 0.25) is 0 Å². The molecule has 0 aliphatic carbocycles. The van der Waals surface area contributed by atoms with E-state index in [2.05, 4.69) is 22.9 Å². The fourth-order valence-electron chi connectivity index (χ4n) is 3.10. The van der Waals surface area contributed by atoms with E-state index in [1.54, 1.807) is 9.80 Å². The van der Waals surface area contributed by atoms with E-state index in [9.17, 15) is 9.59 Å². The molecule has 142 valence electrons. The van der Waals surface area contributed by atoms with Gasteiger partial charge in [-0.2, -0.15) is 0 Å². The molecule has 0 radical (unpaired) electrons. The minimum absolute atomic E-state index is 0.00252. The number of para-hydroxylation sites is 1. The zero-order chi connectivity index (χ0) is 19.2. The minimum Gasteiger partial charge on any atom is -0.483 e. The predicted octanol–water partition coefficient (Wildman–Crippen LogP) is 3.37. The molecule has 1 aliphatic rings. The van der Waals surface area contributed by atoms with Crippen LogP contribution in [0, 0.1) is 0 Å². The largest absolute Gasteiger partial charge is 0.483 e. The highest BCUT2D eigenvalue weighted by Gasteiger charge is 2.25. The number of halogens is 1. The van der Waals surface area contributed by atoms with Gasteiger partial charge in [-0.05, 0) is 42.3 Å². The lowest BCUT2D eigenvalue weighted by Crippen LogP contribution is -2.51. The highest BCUT2D eigenvalue weighted by Crippen LogP contribution is 2.18. The number of amides is 2. The molecule has 6 heteroatoms. The molecule has 1 heterocycles. The molecule has 2 aromatic carbocycles. The highest BCUT2D eigenvalue weighted by molar-refractivity contribution is 9.10. The average Bonchev–Trinajstić information content (AvgIpc) is 2.72. The van der Waals surface area contributed by atoms with Crippen LogP contribution in [0.15, 0.2) is 53.0 Å². The van der Waals surface area contributed by atoms with Crippen LogP contribution in [0.3, 0.4) is 0 Å². The monoisotopic (exact) mass is 430 g/mol. The van der Waals surface area contributed by atoms with Crippen molar-refractivity contribution in [1.29, 1.82) is 0 Å². The molecule has 0 saturated carbocycles. The van der Waals surface area contributed by atoms with Crippen molar-refractivity contribution in [1.82, 2.24) is 9.80 Å². The first kappa shape index (κ1) is 19.4. The van der Waals surface area contributed by atoms with Crippen molar-refractivity contribution in [2.24, 2.45) is 0 Å². The van der Waals surface area contributed by atoms with Gasteiger partial charge in [-0.15, -0.1) is 0 Å². The highest BCUT2D eigenvalue weighted by atomic mass is 79.9. The van der Waals surface area contributed by atoms with Crippen molar-refractivity contribution in [3.05, 3.63) is 64.1 Å². The van der Waals surface area contributed by atoms with Gasteiger partial charge in [0.05, 0.1) is 0 Å². The summed E-state index contributed by atoms with van der Waals surface area (Å²) in [6.07, 6.45) is 0.862. The molecule has 27 heavy (non-hydrogen) atoms. The van der Waals surface area contributed by atoms with Gasteiger partial charge in [-0.3, -0.25) is 9.59 Å². The normalized spacial score (nSPS) is 14.1. The van der Waals surface area contributed by atoms with Crippen molar-refractivity contribution in [3.8, 4) is 5.75 Å². The van der Waals surface area contributed by atoms with E-state index in [1.165, 1.54) is 0 Å². The number of hydrogen-bond donors (Lipinski definition) is 0. The summed E-state index contributed by atoms with van der Waals surface area (Å²) in [6, 6.07) is 15.1. The van der Waals surface area contributed by atoms with Gasteiger partial charge < -0.3 is 14.5 Å². The number of benzene rings is 2. The second kappa shape index (κ2) is 9.04. The second-order valence-electron chi connectivity index (χ2n) is 6.43. The third-order valence-corrected chi connectivity index (χ3v) is 5.24. The van der Waals surface area contributed by atoms with Crippen LogP contribution in [0.25, 0.3) is 0 Å². The quantitative estimate of drug-likeness (QED) is 0.730. The van der Waals surface area contributed by atoms with Gasteiger partial charge in [0.1, 0.15) is 5.75 Å². The molecule has 0 bridgehead atoms. The van der Waals surface area contributed by atoms with Crippen LogP contribution in [-0.2, 0) is 11.2 Å². The van der Waals surface area contributed by atoms with Crippen LogP contribution in [0.1, 0.15) is 22.8 Å². The molecule has 2 amide bonds. The molecular formula is C21H23BrN2O3. The Balaban J connectivity index is 1.50. The fourth-order valence-corrected chi connectivity index (χ4v) is 3.37. The fraction of sp³-hybridized carbons (Fsp3) is 0.333. The number of carbonyl (C=O) groups excluding carboxylic acids is 2. The Morgan fingerprint density at radius 2 is 1.59 bits per heavy atom. The molecule has 1 saturated heterocycles. The topological polar surface area (TPSA) is 49.9 Å². The minimum atomic E-state index is -0.0448. The zero-order valence-corrected chi connectivity index (χ0v) is 16.9. The number of hydrogen-bond acceptors (Lipinski definition) is 3. The number of piperazine rings is 1. The van der Waals surface area contributed by atoms with Crippen molar-refractivity contribution in [2.45, 2.75) is 13.3 Å². The Labute approximate surface area is 168 Å². The van der Waals surface area contributed by atoms with E-state index >= 15 is 0 Å². The number of rotatable bonds is 5. The second-order valence-corrected chi connectivity index (χ2v) is 7.35. The van der Waals surface area contributed by atoms with Crippen LogP contribution in [0.4, 0.5) is 0 Å². The summed E-state index contributed by atoms with van der Waals surface area (Å²) in [5.74, 6) is 0.719. The number of nitrogens with zero attached hydrogens (tertiary/aromatic N) is 2. The number of ether oxygens (including phenoxy) is 1. The van der Waals surface area contributed by atoms with E-state index in [0.717, 1.165) is 22.2 Å². The number of carbonyl (C=O) groups is 2. The average molecular weight is 431 g/mol. The van der Waals surface area contributed by atoms with Gasteiger partial charge in [0.15, 0.2) is 6.61 Å². The van der Waals surface area contributed by atoms with Gasteiger partial charge in [-0.25, -0.2) is 0 Å². The first-order valence-corrected chi connectivity index (χ1v) is 9.91. The lowest BCUT2D eigenvalue weighted by atomic mass is 10.1. The molecule has 0 unspecified atom stereocenters. The Bertz CT molecular complexity index is 799. The summed E-state index contributed by atoms with van der Waals surface area (Å²) in [6.45, 7) is 4.21. The predicted molar refractivity (Wildman–Crippen MR) is 108 cm³/mol. The van der Waals surface area contributed by atoms with E-state index in [0.29, 0.717) is 31.7 Å². The van der Waals surface area contributed by atoms with Crippen molar-refractivity contribution in [3.63, 3.8) is 0 Å². The molecule has 2 aromatic rings. The van der Waals surface area contributed by atoms with E-state index in [4.69, 9.17) is 4.74 Å². The summed E-state index contributed by atoms with van der Waals surface area (Å²) in [4.78, 5) is 28.6. The smallest absolute Gasteiger partial charge is 0.260 e. The van der Waals surface area contributed by atoms with Gasteiger partial charge in [-0.1, -0.05) is 41.1 Å². The lowest BCUT2D eigenvalue weighted by Gasteiger charge is -2.34. The van der Waals surface area contributed by atoms with E-state index in [-0.39, 0.29) is 18.4 Å². The van der Waals surface area contributed by atoms with Crippen LogP contribution >= 0.6 is 15.9 Å². The Morgan fingerprint density at radius 3 is 2.26 bits per heavy atom. The molecule has 5 nitrogen and oxygen atoms in total. The maximum absolute atomic E-state index is 12.6. The van der Waals surface area contributed by atoms with Gasteiger partial charge >= 0.3 is 0 Å². The van der Waals surface area contributed by atoms with Gasteiger partial charge in [0.25, 0.3) is 11.8 Å².